The second-order valence-electron chi connectivity index (χ2n) is 13.8. The second-order valence-corrected chi connectivity index (χ2v) is 18.6. The Morgan fingerprint density at radius 1 is 1.07 bits per heavy atom. The Bertz CT molecular complexity index is 1840. The van der Waals surface area contributed by atoms with E-state index >= 15 is 0 Å². The number of carbonyl (C=O) groups excluding carboxylic acids is 1. The lowest BCUT2D eigenvalue weighted by Gasteiger charge is -2.41. The lowest BCUT2D eigenvalue weighted by molar-refractivity contribution is 0.118. The molecule has 3 heterocycles. The summed E-state index contributed by atoms with van der Waals surface area (Å²) in [7, 11) is -1.86. The first-order chi connectivity index (χ1) is 21.4. The molecule has 234 valence electrons. The monoisotopic (exact) mass is 624 g/mol. The largest absolute Gasteiger partial charge is 0.419 e. The minimum atomic E-state index is -1.86. The minimum Gasteiger partial charge on any atom is -0.414 e. The number of rotatable bonds is 7. The van der Waals surface area contributed by atoms with Crippen molar-refractivity contribution in [2.45, 2.75) is 95.5 Å². The zero-order chi connectivity index (χ0) is 31.9. The summed E-state index contributed by atoms with van der Waals surface area (Å²) < 4.78 is 14.2. The maximum absolute atomic E-state index is 13.2. The number of aromatic amines is 1. The molecule has 10 nitrogen and oxygen atoms in total. The van der Waals surface area contributed by atoms with E-state index in [1.165, 1.54) is 12.3 Å². The molecule has 2 aliphatic carbocycles. The standard InChI is InChI=1S/C34H40N6O4Si/c1-34(2,3)45(4,5)44-26-11-9-25(10-12-26)40-29-18-23(8-13-27(29)38-32(40)41)28-17-24(22-6-7-22)19-31(37-28)43-33(42)39-30-16-21(20-35)14-15-36-30/h8,13-19,22,25-26H,6-7,9-12H2,1-5H3,(H,38,41)(H,36,39,42). The fourth-order valence-electron chi connectivity index (χ4n) is 5.83. The summed E-state index contributed by atoms with van der Waals surface area (Å²) in [6.07, 6.45) is 6.69. The van der Waals surface area contributed by atoms with Gasteiger partial charge in [0.05, 0.1) is 28.4 Å². The van der Waals surface area contributed by atoms with E-state index in [2.05, 4.69) is 54.1 Å². The zero-order valence-corrected chi connectivity index (χ0v) is 27.5. The van der Waals surface area contributed by atoms with Gasteiger partial charge in [-0.3, -0.25) is 9.88 Å². The first kappa shape index (κ1) is 30.7. The fourth-order valence-corrected chi connectivity index (χ4v) is 7.25. The van der Waals surface area contributed by atoms with Crippen molar-refractivity contribution in [2.75, 3.05) is 5.32 Å². The molecule has 0 aliphatic heterocycles. The van der Waals surface area contributed by atoms with Gasteiger partial charge < -0.3 is 14.1 Å². The van der Waals surface area contributed by atoms with Gasteiger partial charge in [-0.05, 0) is 98.5 Å². The molecule has 0 atom stereocenters. The van der Waals surface area contributed by atoms with Crippen molar-refractivity contribution in [1.29, 1.82) is 5.26 Å². The number of hydrogen-bond donors (Lipinski definition) is 2. The summed E-state index contributed by atoms with van der Waals surface area (Å²) >= 11 is 0. The van der Waals surface area contributed by atoms with Crippen molar-refractivity contribution < 1.29 is 14.0 Å². The minimum absolute atomic E-state index is 0.0854. The van der Waals surface area contributed by atoms with Crippen LogP contribution in [-0.2, 0) is 4.43 Å². The number of pyridine rings is 2. The third-order valence-corrected chi connectivity index (χ3v) is 14.0. The molecule has 2 aliphatic rings. The first-order valence-electron chi connectivity index (χ1n) is 15.7. The number of ether oxygens (including phenoxy) is 1. The van der Waals surface area contributed by atoms with Crippen LogP contribution in [0.15, 0.2) is 53.5 Å². The van der Waals surface area contributed by atoms with E-state index < -0.39 is 14.4 Å². The summed E-state index contributed by atoms with van der Waals surface area (Å²) in [5.74, 6) is 0.785. The first-order valence-corrected chi connectivity index (χ1v) is 18.6. The van der Waals surface area contributed by atoms with E-state index in [0.717, 1.165) is 60.7 Å². The molecule has 0 bridgehead atoms. The number of carbonyl (C=O) groups is 1. The SMILES string of the molecule is CC(C)(C)[Si](C)(C)OC1CCC(n2c(=O)[nH]c3ccc(-c4cc(C5CC5)cc(OC(=O)Nc5cc(C#N)ccn5)n4)cc32)CC1. The number of anilines is 1. The molecule has 45 heavy (non-hydrogen) atoms. The van der Waals surface area contributed by atoms with Crippen LogP contribution in [0.4, 0.5) is 10.6 Å². The molecule has 2 N–H and O–H groups in total. The zero-order valence-electron chi connectivity index (χ0n) is 26.5. The van der Waals surface area contributed by atoms with Crippen LogP contribution in [-0.4, -0.2) is 40.0 Å². The van der Waals surface area contributed by atoms with Crippen LogP contribution < -0.4 is 15.7 Å². The fraction of sp³-hybridized carbons (Fsp3) is 0.441. The highest BCUT2D eigenvalue weighted by molar-refractivity contribution is 6.74. The van der Waals surface area contributed by atoms with E-state index in [-0.39, 0.29) is 34.6 Å². The van der Waals surface area contributed by atoms with Gasteiger partial charge in [0.1, 0.15) is 5.82 Å². The van der Waals surface area contributed by atoms with Gasteiger partial charge in [0.25, 0.3) is 0 Å². The second kappa shape index (κ2) is 11.9. The van der Waals surface area contributed by atoms with Crippen LogP contribution in [0.1, 0.15) is 82.4 Å². The number of H-pyrrole nitrogens is 1. The Hall–Kier alpha value is -4.27. The van der Waals surface area contributed by atoms with Gasteiger partial charge in [0, 0.05) is 30.0 Å². The maximum atomic E-state index is 13.2. The Morgan fingerprint density at radius 3 is 2.51 bits per heavy atom. The van der Waals surface area contributed by atoms with Gasteiger partial charge in [0.15, 0.2) is 8.32 Å². The van der Waals surface area contributed by atoms with Gasteiger partial charge in [0.2, 0.25) is 5.88 Å². The summed E-state index contributed by atoms with van der Waals surface area (Å²) in [6.45, 7) is 11.4. The topological polar surface area (TPSA) is 135 Å². The highest BCUT2D eigenvalue weighted by Crippen LogP contribution is 2.43. The van der Waals surface area contributed by atoms with Gasteiger partial charge in [-0.2, -0.15) is 5.26 Å². The number of imidazole rings is 1. The molecule has 6 rings (SSSR count). The molecule has 1 aromatic carbocycles. The van der Waals surface area contributed by atoms with E-state index in [9.17, 15) is 9.59 Å². The third-order valence-electron chi connectivity index (χ3n) is 9.48. The van der Waals surface area contributed by atoms with Crippen molar-refractivity contribution >= 4 is 31.3 Å². The van der Waals surface area contributed by atoms with Crippen molar-refractivity contribution in [1.82, 2.24) is 19.5 Å². The van der Waals surface area contributed by atoms with Crippen molar-refractivity contribution in [3.63, 3.8) is 0 Å². The van der Waals surface area contributed by atoms with Gasteiger partial charge in [-0.1, -0.05) is 26.8 Å². The molecule has 2 saturated carbocycles. The van der Waals surface area contributed by atoms with Crippen LogP contribution in [0.2, 0.25) is 18.1 Å². The Labute approximate surface area is 263 Å². The summed E-state index contributed by atoms with van der Waals surface area (Å²) in [6, 6.07) is 14.8. The lowest BCUT2D eigenvalue weighted by atomic mass is 9.93. The number of amides is 1. The third kappa shape index (κ3) is 6.72. The molecule has 0 unspecified atom stereocenters. The summed E-state index contributed by atoms with van der Waals surface area (Å²) in [4.78, 5) is 37.8. The van der Waals surface area contributed by atoms with Gasteiger partial charge in [-0.15, -0.1) is 0 Å². The summed E-state index contributed by atoms with van der Waals surface area (Å²) in [5, 5.41) is 11.9. The average Bonchev–Trinajstić information content (AvgIpc) is 3.79. The van der Waals surface area contributed by atoms with Gasteiger partial charge in [-0.25, -0.2) is 19.6 Å². The van der Waals surface area contributed by atoms with Crippen molar-refractivity contribution in [2.24, 2.45) is 0 Å². The van der Waals surface area contributed by atoms with Crippen LogP contribution in [0, 0.1) is 11.3 Å². The predicted octanol–water partition coefficient (Wildman–Crippen LogP) is 7.65. The molecule has 0 spiro atoms. The van der Waals surface area contributed by atoms with Crippen LogP contribution in [0.3, 0.4) is 0 Å². The molecule has 3 aromatic heterocycles. The van der Waals surface area contributed by atoms with Crippen LogP contribution in [0.5, 0.6) is 5.88 Å². The Kier molecular flexibility index (Phi) is 8.14. The molecule has 2 fully saturated rings. The molecular weight excluding hydrogens is 584 g/mol. The lowest BCUT2D eigenvalue weighted by Crippen LogP contribution is -2.45. The molecule has 11 heteroatoms. The normalized spacial score (nSPS) is 18.8. The molecular formula is C34H40N6O4Si. The summed E-state index contributed by atoms with van der Waals surface area (Å²) in [5.41, 5.74) is 4.45. The van der Waals surface area contributed by atoms with Crippen molar-refractivity contribution in [3.05, 3.63) is 70.3 Å². The van der Waals surface area contributed by atoms with Crippen LogP contribution in [0.25, 0.3) is 22.3 Å². The van der Waals surface area contributed by atoms with Crippen molar-refractivity contribution in [3.8, 4) is 23.2 Å². The molecule has 1 amide bonds. The predicted molar refractivity (Wildman–Crippen MR) is 176 cm³/mol. The quantitative estimate of drug-likeness (QED) is 0.202. The highest BCUT2D eigenvalue weighted by atomic mass is 28.4. The number of fused-ring (bicyclic) bond motifs is 1. The number of hydrogen-bond acceptors (Lipinski definition) is 7. The molecule has 0 radical (unpaired) electrons. The van der Waals surface area contributed by atoms with E-state index in [1.54, 1.807) is 12.1 Å². The highest BCUT2D eigenvalue weighted by Gasteiger charge is 2.40. The number of benzene rings is 1. The van der Waals surface area contributed by atoms with E-state index in [1.807, 2.05) is 34.9 Å². The number of nitriles is 1. The van der Waals surface area contributed by atoms with Crippen LogP contribution >= 0.6 is 0 Å². The van der Waals surface area contributed by atoms with E-state index in [0.29, 0.717) is 17.2 Å². The van der Waals surface area contributed by atoms with E-state index in [4.69, 9.17) is 14.4 Å². The Morgan fingerprint density at radius 2 is 1.82 bits per heavy atom. The average molecular weight is 625 g/mol. The maximum Gasteiger partial charge on any atom is 0.419 e. The number of aromatic nitrogens is 4. The number of nitrogens with zero attached hydrogens (tertiary/aromatic N) is 4. The smallest absolute Gasteiger partial charge is 0.414 e. The van der Waals surface area contributed by atoms with Gasteiger partial charge >= 0.3 is 11.8 Å². The molecule has 0 saturated heterocycles. The Balaban J connectivity index is 1.24. The molecule has 4 aromatic rings. The number of nitrogens with one attached hydrogen (secondary N) is 2.